The van der Waals surface area contributed by atoms with Crippen LogP contribution in [0.4, 0.5) is 18.9 Å². The van der Waals surface area contributed by atoms with Crippen molar-refractivity contribution in [2.24, 2.45) is 0 Å². The number of benzene rings is 2. The summed E-state index contributed by atoms with van der Waals surface area (Å²) in [6.07, 6.45) is 0. The highest BCUT2D eigenvalue weighted by Crippen LogP contribution is 2.23. The second-order valence-electron chi connectivity index (χ2n) is 7.33. The fourth-order valence-corrected chi connectivity index (χ4v) is 3.37. The summed E-state index contributed by atoms with van der Waals surface area (Å²) in [6.45, 7) is 3.47. The van der Waals surface area contributed by atoms with Gasteiger partial charge < -0.3 is 10.2 Å². The SMILES string of the molecule is Cc1ccc(Cn2nc(C)c(C(=O)N(C)CC(=O)Nc3ccc(F)c(F)c3F)c2Cl)cc1. The monoisotopic (exact) mass is 464 g/mol. The third-order valence-electron chi connectivity index (χ3n) is 4.77. The molecule has 3 aromatic rings. The molecule has 6 nitrogen and oxygen atoms in total. The van der Waals surface area contributed by atoms with Crippen LogP contribution in [-0.4, -0.2) is 40.1 Å². The number of anilines is 1. The zero-order valence-corrected chi connectivity index (χ0v) is 18.3. The summed E-state index contributed by atoms with van der Waals surface area (Å²) in [5.74, 6) is -5.96. The Bertz CT molecular complexity index is 1180. The van der Waals surface area contributed by atoms with E-state index in [2.05, 4.69) is 10.4 Å². The molecule has 0 bridgehead atoms. The number of nitrogens with one attached hydrogen (secondary N) is 1. The summed E-state index contributed by atoms with van der Waals surface area (Å²) < 4.78 is 41.6. The van der Waals surface area contributed by atoms with Gasteiger partial charge in [0.15, 0.2) is 17.5 Å². The molecule has 0 saturated heterocycles. The molecule has 2 amide bonds. The summed E-state index contributed by atoms with van der Waals surface area (Å²) in [5, 5.41) is 6.55. The number of halogens is 4. The van der Waals surface area contributed by atoms with Crippen LogP contribution in [0.25, 0.3) is 0 Å². The first kappa shape index (κ1) is 23.3. The van der Waals surface area contributed by atoms with E-state index in [1.165, 1.54) is 11.7 Å². The van der Waals surface area contributed by atoms with Crippen LogP contribution in [0.1, 0.15) is 27.2 Å². The van der Waals surface area contributed by atoms with Crippen molar-refractivity contribution in [3.8, 4) is 0 Å². The minimum absolute atomic E-state index is 0.118. The van der Waals surface area contributed by atoms with Crippen LogP contribution in [-0.2, 0) is 11.3 Å². The van der Waals surface area contributed by atoms with Crippen molar-refractivity contribution in [2.75, 3.05) is 18.9 Å². The zero-order chi connectivity index (χ0) is 23.6. The van der Waals surface area contributed by atoms with Crippen LogP contribution >= 0.6 is 11.6 Å². The van der Waals surface area contributed by atoms with E-state index < -0.39 is 41.5 Å². The average Bonchev–Trinajstić information content (AvgIpc) is 3.02. The van der Waals surface area contributed by atoms with Gasteiger partial charge in [0, 0.05) is 7.05 Å². The van der Waals surface area contributed by atoms with Crippen molar-refractivity contribution in [1.29, 1.82) is 0 Å². The molecule has 168 valence electrons. The molecule has 2 aromatic carbocycles. The van der Waals surface area contributed by atoms with Gasteiger partial charge in [-0.05, 0) is 31.5 Å². The average molecular weight is 465 g/mol. The maximum Gasteiger partial charge on any atom is 0.259 e. The van der Waals surface area contributed by atoms with Gasteiger partial charge in [0.2, 0.25) is 5.91 Å². The third kappa shape index (κ3) is 4.94. The Labute approximate surface area is 187 Å². The largest absolute Gasteiger partial charge is 0.332 e. The molecule has 1 aromatic heterocycles. The minimum atomic E-state index is -1.70. The number of rotatable bonds is 6. The summed E-state index contributed by atoms with van der Waals surface area (Å²) in [7, 11) is 1.36. The molecule has 0 aliphatic carbocycles. The Kier molecular flexibility index (Phi) is 6.88. The third-order valence-corrected chi connectivity index (χ3v) is 5.15. The number of hydrogen-bond acceptors (Lipinski definition) is 3. The Balaban J connectivity index is 1.71. The predicted octanol–water partition coefficient (Wildman–Crippen LogP) is 4.33. The Morgan fingerprint density at radius 2 is 1.72 bits per heavy atom. The van der Waals surface area contributed by atoms with Gasteiger partial charge in [-0.3, -0.25) is 9.59 Å². The standard InChI is InChI=1S/C22H20ClF3N4O2/c1-12-4-6-14(7-5-12)10-30-21(23)18(13(2)28-30)22(32)29(3)11-17(31)27-16-9-8-15(24)19(25)20(16)26/h4-9H,10-11H2,1-3H3,(H,27,31). The van der Waals surface area contributed by atoms with Gasteiger partial charge in [0.05, 0.1) is 30.0 Å². The van der Waals surface area contributed by atoms with E-state index in [4.69, 9.17) is 11.6 Å². The fourth-order valence-electron chi connectivity index (χ4n) is 3.06. The van der Waals surface area contributed by atoms with Gasteiger partial charge in [-0.2, -0.15) is 5.10 Å². The highest BCUT2D eigenvalue weighted by molar-refractivity contribution is 6.33. The summed E-state index contributed by atoms with van der Waals surface area (Å²) in [6, 6.07) is 9.34. The van der Waals surface area contributed by atoms with E-state index in [1.54, 1.807) is 6.92 Å². The number of hydrogen-bond donors (Lipinski definition) is 1. The molecule has 3 rings (SSSR count). The smallest absolute Gasteiger partial charge is 0.259 e. The molecule has 0 unspecified atom stereocenters. The van der Waals surface area contributed by atoms with Crippen LogP contribution in [0.15, 0.2) is 36.4 Å². The first-order valence-electron chi connectivity index (χ1n) is 9.55. The number of likely N-dealkylation sites (N-methyl/N-ethyl adjacent to an activating group) is 1. The molecule has 0 aliphatic heterocycles. The van der Waals surface area contributed by atoms with E-state index in [-0.39, 0.29) is 10.7 Å². The van der Waals surface area contributed by atoms with Crippen LogP contribution in [0.3, 0.4) is 0 Å². The van der Waals surface area contributed by atoms with Gasteiger partial charge >= 0.3 is 0 Å². The number of aryl methyl sites for hydroxylation is 2. The molecule has 10 heteroatoms. The van der Waals surface area contributed by atoms with Crippen LogP contribution in [0, 0.1) is 31.3 Å². The van der Waals surface area contributed by atoms with E-state index in [0.29, 0.717) is 18.3 Å². The lowest BCUT2D eigenvalue weighted by Crippen LogP contribution is -2.35. The van der Waals surface area contributed by atoms with Gasteiger partial charge in [0.1, 0.15) is 5.15 Å². The van der Waals surface area contributed by atoms with Gasteiger partial charge in [-0.25, -0.2) is 17.9 Å². The molecule has 0 atom stereocenters. The van der Waals surface area contributed by atoms with Crippen LogP contribution < -0.4 is 5.32 Å². The Morgan fingerprint density at radius 1 is 1.06 bits per heavy atom. The van der Waals surface area contributed by atoms with Crippen molar-refractivity contribution in [1.82, 2.24) is 14.7 Å². The molecular formula is C22H20ClF3N4O2. The Hall–Kier alpha value is -3.33. The van der Waals surface area contributed by atoms with Crippen molar-refractivity contribution < 1.29 is 22.8 Å². The number of carbonyl (C=O) groups excluding carboxylic acids is 2. The highest BCUT2D eigenvalue weighted by Gasteiger charge is 2.25. The molecule has 0 fully saturated rings. The minimum Gasteiger partial charge on any atom is -0.332 e. The molecule has 0 saturated carbocycles. The molecule has 0 aliphatic rings. The second kappa shape index (κ2) is 9.44. The van der Waals surface area contributed by atoms with Gasteiger partial charge in [-0.1, -0.05) is 41.4 Å². The van der Waals surface area contributed by atoms with Crippen LogP contribution in [0.2, 0.25) is 5.15 Å². The number of nitrogens with zero attached hydrogens (tertiary/aromatic N) is 3. The molecular weight excluding hydrogens is 445 g/mol. The van der Waals surface area contributed by atoms with E-state index in [1.807, 2.05) is 31.2 Å². The summed E-state index contributed by atoms with van der Waals surface area (Å²) in [4.78, 5) is 26.2. The molecule has 32 heavy (non-hydrogen) atoms. The number of carbonyl (C=O) groups is 2. The Morgan fingerprint density at radius 3 is 2.38 bits per heavy atom. The topological polar surface area (TPSA) is 67.2 Å². The van der Waals surface area contributed by atoms with Crippen LogP contribution in [0.5, 0.6) is 0 Å². The lowest BCUT2D eigenvalue weighted by Gasteiger charge is -2.17. The second-order valence-corrected chi connectivity index (χ2v) is 7.68. The van der Waals surface area contributed by atoms with Gasteiger partial charge in [0.25, 0.3) is 5.91 Å². The number of aromatic nitrogens is 2. The van der Waals surface area contributed by atoms with E-state index in [9.17, 15) is 22.8 Å². The first-order valence-corrected chi connectivity index (χ1v) is 9.93. The van der Waals surface area contributed by atoms with Crippen molar-refractivity contribution >= 4 is 29.1 Å². The van der Waals surface area contributed by atoms with Crippen molar-refractivity contribution in [2.45, 2.75) is 20.4 Å². The molecule has 1 N–H and O–H groups in total. The van der Waals surface area contributed by atoms with Crippen molar-refractivity contribution in [3.63, 3.8) is 0 Å². The van der Waals surface area contributed by atoms with E-state index in [0.717, 1.165) is 22.1 Å². The molecule has 0 spiro atoms. The quantitative estimate of drug-likeness (QED) is 0.552. The first-order chi connectivity index (χ1) is 15.1. The van der Waals surface area contributed by atoms with E-state index >= 15 is 0 Å². The lowest BCUT2D eigenvalue weighted by molar-refractivity contribution is -0.116. The zero-order valence-electron chi connectivity index (χ0n) is 17.5. The van der Waals surface area contributed by atoms with Crippen molar-refractivity contribution in [3.05, 3.63) is 81.4 Å². The van der Waals surface area contributed by atoms with Gasteiger partial charge in [-0.15, -0.1) is 0 Å². The maximum atomic E-state index is 13.8. The maximum absolute atomic E-state index is 13.8. The number of amides is 2. The molecule has 0 radical (unpaired) electrons. The summed E-state index contributed by atoms with van der Waals surface area (Å²) in [5.41, 5.74) is 2.03. The highest BCUT2D eigenvalue weighted by atomic mass is 35.5. The molecule has 1 heterocycles. The summed E-state index contributed by atoms with van der Waals surface area (Å²) >= 11 is 6.39. The predicted molar refractivity (Wildman–Crippen MR) is 114 cm³/mol. The fraction of sp³-hybridized carbons (Fsp3) is 0.227. The normalized spacial score (nSPS) is 10.8. The lowest BCUT2D eigenvalue weighted by atomic mass is 10.1.